The largest absolute Gasteiger partial charge is 0.375 e. The lowest BCUT2D eigenvalue weighted by atomic mass is 10.1. The minimum absolute atomic E-state index is 0.00245. The van der Waals surface area contributed by atoms with Crippen LogP contribution in [0.4, 0.5) is 0 Å². The highest BCUT2D eigenvalue weighted by atomic mass is 32.2. The first kappa shape index (κ1) is 16.4. The van der Waals surface area contributed by atoms with E-state index in [4.69, 9.17) is 10.5 Å². The zero-order chi connectivity index (χ0) is 15.3. The van der Waals surface area contributed by atoms with Crippen LogP contribution in [0.25, 0.3) is 0 Å². The summed E-state index contributed by atoms with van der Waals surface area (Å²) in [6, 6.07) is 7.13. The number of aryl methyl sites for hydroxylation is 1. The molecule has 1 unspecified atom stereocenters. The normalized spacial score (nSPS) is 20.6. The summed E-state index contributed by atoms with van der Waals surface area (Å²) in [4.78, 5) is 0.357. The summed E-state index contributed by atoms with van der Waals surface area (Å²) in [5.74, 6) is 0. The topological polar surface area (TPSA) is 72.6 Å². The van der Waals surface area contributed by atoms with Gasteiger partial charge in [0, 0.05) is 13.1 Å². The highest BCUT2D eigenvalue weighted by Crippen LogP contribution is 2.20. The van der Waals surface area contributed by atoms with Crippen molar-refractivity contribution in [2.75, 3.05) is 26.2 Å². The lowest BCUT2D eigenvalue weighted by Crippen LogP contribution is -2.45. The van der Waals surface area contributed by atoms with E-state index in [9.17, 15) is 8.42 Å². The van der Waals surface area contributed by atoms with Gasteiger partial charge in [-0.25, -0.2) is 8.42 Å². The van der Waals surface area contributed by atoms with Crippen molar-refractivity contribution >= 4 is 10.0 Å². The Hall–Kier alpha value is -0.950. The molecule has 0 aliphatic carbocycles. The number of benzene rings is 1. The Bertz CT molecular complexity index is 543. The first-order chi connectivity index (χ1) is 10.1. The molecule has 0 saturated carbocycles. The fourth-order valence-corrected chi connectivity index (χ4v) is 3.90. The molecular weight excluding hydrogens is 288 g/mol. The highest BCUT2D eigenvalue weighted by molar-refractivity contribution is 7.89. The van der Waals surface area contributed by atoms with Crippen molar-refractivity contribution < 1.29 is 13.2 Å². The maximum absolute atomic E-state index is 12.6. The zero-order valence-corrected chi connectivity index (χ0v) is 13.3. The molecule has 1 aliphatic rings. The van der Waals surface area contributed by atoms with E-state index in [1.165, 1.54) is 4.31 Å². The maximum atomic E-state index is 12.6. The molecule has 6 heteroatoms. The van der Waals surface area contributed by atoms with Gasteiger partial charge in [0.25, 0.3) is 0 Å². The second-order valence-corrected chi connectivity index (χ2v) is 7.24. The fourth-order valence-electron chi connectivity index (χ4n) is 2.44. The van der Waals surface area contributed by atoms with Crippen LogP contribution < -0.4 is 5.73 Å². The van der Waals surface area contributed by atoms with Gasteiger partial charge in [0.2, 0.25) is 10.0 Å². The van der Waals surface area contributed by atoms with Gasteiger partial charge < -0.3 is 10.5 Å². The number of hydrogen-bond acceptors (Lipinski definition) is 4. The summed E-state index contributed by atoms with van der Waals surface area (Å²) in [6.45, 7) is 3.98. The van der Waals surface area contributed by atoms with Gasteiger partial charge in [-0.2, -0.15) is 4.31 Å². The van der Waals surface area contributed by atoms with Gasteiger partial charge in [-0.1, -0.05) is 19.1 Å². The van der Waals surface area contributed by atoms with E-state index in [0.717, 1.165) is 24.8 Å². The lowest BCUT2D eigenvalue weighted by Gasteiger charge is -2.31. The standard InChI is InChI=1S/C15H24N2O3S/c1-2-14-12-17(10-11-20-14)21(18,19)15-7-5-13(6-8-15)4-3-9-16/h5-8,14H,2-4,9-12,16H2,1H3. The molecule has 1 saturated heterocycles. The smallest absolute Gasteiger partial charge is 0.243 e. The summed E-state index contributed by atoms with van der Waals surface area (Å²) in [5, 5.41) is 0. The number of morpholine rings is 1. The third-order valence-corrected chi connectivity index (χ3v) is 5.67. The molecule has 1 aliphatic heterocycles. The van der Waals surface area contributed by atoms with Crippen molar-refractivity contribution in [1.82, 2.24) is 4.31 Å². The summed E-state index contributed by atoms with van der Waals surface area (Å²) in [7, 11) is -3.41. The first-order valence-corrected chi connectivity index (χ1v) is 8.92. The Kier molecular flexibility index (Phi) is 5.75. The summed E-state index contributed by atoms with van der Waals surface area (Å²) in [6.07, 6.45) is 2.61. The van der Waals surface area contributed by atoms with E-state index in [1.54, 1.807) is 12.1 Å². The third kappa shape index (κ3) is 4.03. The Morgan fingerprint density at radius 2 is 2.05 bits per heavy atom. The molecule has 1 heterocycles. The van der Waals surface area contributed by atoms with E-state index in [2.05, 4.69) is 0 Å². The quantitative estimate of drug-likeness (QED) is 0.861. The van der Waals surface area contributed by atoms with Gasteiger partial charge in [-0.15, -0.1) is 0 Å². The Morgan fingerprint density at radius 1 is 1.33 bits per heavy atom. The number of nitrogens with two attached hydrogens (primary N) is 1. The van der Waals surface area contributed by atoms with Gasteiger partial charge in [0.05, 0.1) is 17.6 Å². The fraction of sp³-hybridized carbons (Fsp3) is 0.600. The first-order valence-electron chi connectivity index (χ1n) is 7.48. The molecule has 1 aromatic carbocycles. The Labute approximate surface area is 127 Å². The molecule has 0 aromatic heterocycles. The van der Waals surface area contributed by atoms with E-state index in [-0.39, 0.29) is 6.10 Å². The molecule has 0 amide bonds. The number of sulfonamides is 1. The number of ether oxygens (including phenoxy) is 1. The molecule has 5 nitrogen and oxygen atoms in total. The molecule has 2 rings (SSSR count). The van der Waals surface area contributed by atoms with Crippen molar-refractivity contribution in [1.29, 1.82) is 0 Å². The molecule has 1 atom stereocenters. The van der Waals surface area contributed by atoms with Crippen LogP contribution in [0.2, 0.25) is 0 Å². The molecule has 0 spiro atoms. The summed E-state index contributed by atoms with van der Waals surface area (Å²) < 4.78 is 32.3. The minimum atomic E-state index is -3.41. The monoisotopic (exact) mass is 312 g/mol. The predicted octanol–water partition coefficient (Wildman–Crippen LogP) is 1.38. The third-order valence-electron chi connectivity index (χ3n) is 3.79. The molecular formula is C15H24N2O3S. The van der Waals surface area contributed by atoms with Crippen LogP contribution >= 0.6 is 0 Å². The maximum Gasteiger partial charge on any atom is 0.243 e. The number of nitrogens with zero attached hydrogens (tertiary/aromatic N) is 1. The average molecular weight is 312 g/mol. The molecule has 0 bridgehead atoms. The molecule has 0 radical (unpaired) electrons. The van der Waals surface area contributed by atoms with Gasteiger partial charge in [0.15, 0.2) is 0 Å². The molecule has 118 valence electrons. The second kappa shape index (κ2) is 7.35. The molecule has 2 N–H and O–H groups in total. The van der Waals surface area contributed by atoms with Gasteiger partial charge in [0.1, 0.15) is 0 Å². The van der Waals surface area contributed by atoms with Crippen LogP contribution in [0.15, 0.2) is 29.2 Å². The van der Waals surface area contributed by atoms with Crippen LogP contribution in [0.1, 0.15) is 25.3 Å². The van der Waals surface area contributed by atoms with E-state index < -0.39 is 10.0 Å². The minimum Gasteiger partial charge on any atom is -0.375 e. The van der Waals surface area contributed by atoms with Gasteiger partial charge in [-0.05, 0) is 43.5 Å². The predicted molar refractivity (Wildman–Crippen MR) is 82.6 cm³/mol. The Morgan fingerprint density at radius 3 is 2.67 bits per heavy atom. The van der Waals surface area contributed by atoms with Crippen molar-refractivity contribution in [2.45, 2.75) is 37.2 Å². The van der Waals surface area contributed by atoms with Crippen LogP contribution in [0.3, 0.4) is 0 Å². The second-order valence-electron chi connectivity index (χ2n) is 5.30. The summed E-state index contributed by atoms with van der Waals surface area (Å²) >= 11 is 0. The zero-order valence-electron chi connectivity index (χ0n) is 12.5. The van der Waals surface area contributed by atoms with E-state index >= 15 is 0 Å². The van der Waals surface area contributed by atoms with Crippen LogP contribution in [0.5, 0.6) is 0 Å². The van der Waals surface area contributed by atoms with Crippen molar-refractivity contribution in [2.24, 2.45) is 5.73 Å². The Balaban J connectivity index is 2.11. The van der Waals surface area contributed by atoms with Crippen molar-refractivity contribution in [3.63, 3.8) is 0 Å². The van der Waals surface area contributed by atoms with Crippen molar-refractivity contribution in [3.8, 4) is 0 Å². The molecule has 21 heavy (non-hydrogen) atoms. The summed E-state index contributed by atoms with van der Waals surface area (Å²) in [5.41, 5.74) is 6.60. The van der Waals surface area contributed by atoms with E-state index in [0.29, 0.717) is 31.1 Å². The number of rotatable bonds is 6. The van der Waals surface area contributed by atoms with Crippen LogP contribution in [0, 0.1) is 0 Å². The lowest BCUT2D eigenvalue weighted by molar-refractivity contribution is -0.00277. The average Bonchev–Trinajstić information content (AvgIpc) is 2.53. The van der Waals surface area contributed by atoms with Crippen LogP contribution in [-0.2, 0) is 21.2 Å². The van der Waals surface area contributed by atoms with Gasteiger partial charge in [-0.3, -0.25) is 0 Å². The SMILES string of the molecule is CCC1CN(S(=O)(=O)c2ccc(CCCN)cc2)CCO1. The van der Waals surface area contributed by atoms with Crippen molar-refractivity contribution in [3.05, 3.63) is 29.8 Å². The number of hydrogen-bond donors (Lipinski definition) is 1. The van der Waals surface area contributed by atoms with Crippen LogP contribution in [-0.4, -0.2) is 45.1 Å². The molecule has 1 aromatic rings. The van der Waals surface area contributed by atoms with E-state index in [1.807, 2.05) is 19.1 Å². The molecule has 1 fully saturated rings. The highest BCUT2D eigenvalue weighted by Gasteiger charge is 2.29. The van der Waals surface area contributed by atoms with Gasteiger partial charge >= 0.3 is 0 Å².